The number of hydrogen-bond acceptors (Lipinski definition) is 3. The number of anilines is 1. The van der Waals surface area contributed by atoms with E-state index in [0.29, 0.717) is 5.41 Å². The fourth-order valence-corrected chi connectivity index (χ4v) is 2.38. The van der Waals surface area contributed by atoms with Crippen molar-refractivity contribution in [2.45, 2.75) is 33.1 Å². The van der Waals surface area contributed by atoms with Crippen molar-refractivity contribution in [1.29, 1.82) is 0 Å². The Morgan fingerprint density at radius 1 is 1.33 bits per heavy atom. The van der Waals surface area contributed by atoms with Gasteiger partial charge in [0.1, 0.15) is 5.69 Å². The third kappa shape index (κ3) is 3.00. The molecule has 1 aromatic rings. The predicted octanol–water partition coefficient (Wildman–Crippen LogP) is 2.80. The van der Waals surface area contributed by atoms with E-state index in [1.54, 1.807) is 12.3 Å². The van der Waals surface area contributed by atoms with Crippen LogP contribution in [0.15, 0.2) is 18.3 Å². The van der Waals surface area contributed by atoms with Gasteiger partial charge in [-0.3, -0.25) is 0 Å². The molecular formula is C14H20N2O2. The number of pyridine rings is 1. The second-order valence-electron chi connectivity index (χ2n) is 5.71. The molecule has 1 N–H and O–H groups in total. The topological polar surface area (TPSA) is 53.4 Å². The highest BCUT2D eigenvalue weighted by atomic mass is 16.4. The fourth-order valence-electron chi connectivity index (χ4n) is 2.38. The van der Waals surface area contributed by atoms with Crippen molar-refractivity contribution in [3.05, 3.63) is 24.0 Å². The molecule has 0 radical (unpaired) electrons. The van der Waals surface area contributed by atoms with Crippen molar-refractivity contribution in [3.63, 3.8) is 0 Å². The Morgan fingerprint density at radius 2 is 2.11 bits per heavy atom. The first-order chi connectivity index (χ1) is 8.48. The maximum Gasteiger partial charge on any atom is 0.354 e. The zero-order valence-electron chi connectivity index (χ0n) is 11.0. The Bertz CT molecular complexity index is 426. The van der Waals surface area contributed by atoms with Gasteiger partial charge in [-0.15, -0.1) is 0 Å². The second-order valence-corrected chi connectivity index (χ2v) is 5.71. The minimum Gasteiger partial charge on any atom is -0.477 e. The lowest BCUT2D eigenvalue weighted by Gasteiger charge is -2.24. The molecule has 0 aromatic carbocycles. The minimum atomic E-state index is -0.974. The van der Waals surface area contributed by atoms with Crippen molar-refractivity contribution < 1.29 is 9.90 Å². The number of rotatable bonds is 2. The normalized spacial score (nSPS) is 19.3. The van der Waals surface area contributed by atoms with Crippen LogP contribution in [0.5, 0.6) is 0 Å². The smallest absolute Gasteiger partial charge is 0.354 e. The standard InChI is InChI=1S/C14H20N2O2/c1-14(2)6-3-8-16(9-7-14)11-4-5-12(13(17)18)15-10-11/h4-5,10H,3,6-9H2,1-2H3,(H,17,18). The van der Waals surface area contributed by atoms with Crippen molar-refractivity contribution in [2.75, 3.05) is 18.0 Å². The van der Waals surface area contributed by atoms with E-state index in [1.165, 1.54) is 12.8 Å². The van der Waals surface area contributed by atoms with Crippen molar-refractivity contribution in [3.8, 4) is 0 Å². The molecule has 4 heteroatoms. The summed E-state index contributed by atoms with van der Waals surface area (Å²) in [7, 11) is 0. The first-order valence-corrected chi connectivity index (χ1v) is 6.42. The van der Waals surface area contributed by atoms with E-state index in [0.717, 1.165) is 25.2 Å². The van der Waals surface area contributed by atoms with Gasteiger partial charge in [-0.1, -0.05) is 13.8 Å². The van der Waals surface area contributed by atoms with Crippen LogP contribution in [0.25, 0.3) is 0 Å². The summed E-state index contributed by atoms with van der Waals surface area (Å²) < 4.78 is 0. The summed E-state index contributed by atoms with van der Waals surface area (Å²) in [6, 6.07) is 3.43. The van der Waals surface area contributed by atoms with Crippen molar-refractivity contribution >= 4 is 11.7 Å². The first-order valence-electron chi connectivity index (χ1n) is 6.42. The van der Waals surface area contributed by atoms with E-state index in [1.807, 2.05) is 6.07 Å². The fraction of sp³-hybridized carbons (Fsp3) is 0.571. The molecule has 1 aromatic heterocycles. The zero-order valence-corrected chi connectivity index (χ0v) is 11.0. The van der Waals surface area contributed by atoms with E-state index >= 15 is 0 Å². The lowest BCUT2D eigenvalue weighted by atomic mass is 9.85. The molecule has 0 aliphatic carbocycles. The van der Waals surface area contributed by atoms with Crippen LogP contribution >= 0.6 is 0 Å². The van der Waals surface area contributed by atoms with Gasteiger partial charge in [-0.05, 0) is 36.8 Å². The molecule has 0 saturated carbocycles. The molecule has 0 spiro atoms. The molecule has 2 rings (SSSR count). The van der Waals surface area contributed by atoms with Gasteiger partial charge in [0.25, 0.3) is 0 Å². The zero-order chi connectivity index (χ0) is 13.2. The predicted molar refractivity (Wildman–Crippen MR) is 71.0 cm³/mol. The molecule has 0 amide bonds. The van der Waals surface area contributed by atoms with Gasteiger partial charge in [0.2, 0.25) is 0 Å². The lowest BCUT2D eigenvalue weighted by Crippen LogP contribution is -2.25. The average Bonchev–Trinajstić information content (AvgIpc) is 2.50. The Hall–Kier alpha value is -1.58. The number of carboxylic acid groups (broad SMARTS) is 1. The van der Waals surface area contributed by atoms with Crippen LogP contribution in [0.1, 0.15) is 43.6 Å². The van der Waals surface area contributed by atoms with E-state index < -0.39 is 5.97 Å². The Balaban J connectivity index is 2.09. The summed E-state index contributed by atoms with van der Waals surface area (Å²) in [5.74, 6) is -0.974. The van der Waals surface area contributed by atoms with Crippen LogP contribution < -0.4 is 4.90 Å². The minimum absolute atomic E-state index is 0.105. The van der Waals surface area contributed by atoms with Gasteiger partial charge in [0, 0.05) is 13.1 Å². The van der Waals surface area contributed by atoms with Crippen LogP contribution in [0.2, 0.25) is 0 Å². The van der Waals surface area contributed by atoms with Crippen LogP contribution in [0, 0.1) is 5.41 Å². The number of nitrogens with zero attached hydrogens (tertiary/aromatic N) is 2. The molecule has 1 aliphatic heterocycles. The van der Waals surface area contributed by atoms with E-state index in [-0.39, 0.29) is 5.69 Å². The highest BCUT2D eigenvalue weighted by molar-refractivity contribution is 5.85. The molecule has 98 valence electrons. The van der Waals surface area contributed by atoms with Gasteiger partial charge in [-0.2, -0.15) is 0 Å². The maximum absolute atomic E-state index is 10.8. The Morgan fingerprint density at radius 3 is 2.72 bits per heavy atom. The maximum atomic E-state index is 10.8. The number of hydrogen-bond donors (Lipinski definition) is 1. The number of aromatic carboxylic acids is 1. The second kappa shape index (κ2) is 4.96. The lowest BCUT2D eigenvalue weighted by molar-refractivity contribution is 0.0690. The molecule has 4 nitrogen and oxygen atoms in total. The highest BCUT2D eigenvalue weighted by Gasteiger charge is 2.23. The largest absolute Gasteiger partial charge is 0.477 e. The van der Waals surface area contributed by atoms with Crippen LogP contribution in [-0.2, 0) is 0 Å². The van der Waals surface area contributed by atoms with Gasteiger partial charge in [0.15, 0.2) is 0 Å². The Labute approximate surface area is 108 Å². The molecule has 2 heterocycles. The summed E-state index contributed by atoms with van der Waals surface area (Å²) >= 11 is 0. The first kappa shape index (κ1) is 12.9. The highest BCUT2D eigenvalue weighted by Crippen LogP contribution is 2.31. The molecule has 0 bridgehead atoms. The molecule has 1 aliphatic rings. The molecule has 1 saturated heterocycles. The summed E-state index contributed by atoms with van der Waals surface area (Å²) in [5, 5.41) is 8.82. The molecule has 0 atom stereocenters. The van der Waals surface area contributed by atoms with Crippen molar-refractivity contribution in [1.82, 2.24) is 4.98 Å². The summed E-state index contributed by atoms with van der Waals surface area (Å²) in [6.07, 6.45) is 5.24. The molecule has 1 fully saturated rings. The third-order valence-electron chi connectivity index (χ3n) is 3.67. The van der Waals surface area contributed by atoms with Crippen LogP contribution in [-0.4, -0.2) is 29.1 Å². The summed E-state index contributed by atoms with van der Waals surface area (Å²) in [5.41, 5.74) is 1.54. The van der Waals surface area contributed by atoms with Gasteiger partial charge in [0.05, 0.1) is 11.9 Å². The summed E-state index contributed by atoms with van der Waals surface area (Å²) in [4.78, 5) is 17.0. The van der Waals surface area contributed by atoms with Gasteiger partial charge in [-0.25, -0.2) is 9.78 Å². The van der Waals surface area contributed by atoms with E-state index in [4.69, 9.17) is 5.11 Å². The monoisotopic (exact) mass is 248 g/mol. The molecular weight excluding hydrogens is 228 g/mol. The van der Waals surface area contributed by atoms with Crippen molar-refractivity contribution in [2.24, 2.45) is 5.41 Å². The van der Waals surface area contributed by atoms with E-state index in [2.05, 4.69) is 23.7 Å². The molecule has 18 heavy (non-hydrogen) atoms. The number of carboxylic acids is 1. The SMILES string of the molecule is CC1(C)CCCN(c2ccc(C(=O)O)nc2)CC1. The van der Waals surface area contributed by atoms with Gasteiger partial charge < -0.3 is 10.0 Å². The third-order valence-corrected chi connectivity index (χ3v) is 3.67. The van der Waals surface area contributed by atoms with Crippen LogP contribution in [0.3, 0.4) is 0 Å². The average molecular weight is 248 g/mol. The number of aromatic nitrogens is 1. The van der Waals surface area contributed by atoms with Gasteiger partial charge >= 0.3 is 5.97 Å². The molecule has 0 unspecified atom stereocenters. The number of carbonyl (C=O) groups is 1. The Kier molecular flexibility index (Phi) is 3.55. The van der Waals surface area contributed by atoms with Crippen LogP contribution in [0.4, 0.5) is 5.69 Å². The quantitative estimate of drug-likeness (QED) is 0.874. The summed E-state index contributed by atoms with van der Waals surface area (Å²) in [6.45, 7) is 6.66. The van der Waals surface area contributed by atoms with E-state index in [9.17, 15) is 4.79 Å².